The Kier molecular flexibility index (Phi) is 3.50. The average Bonchev–Trinajstić information content (AvgIpc) is 3.14. The van der Waals surface area contributed by atoms with E-state index in [0.29, 0.717) is 10.9 Å². The molecule has 0 saturated carbocycles. The molecule has 0 spiro atoms. The smallest absolute Gasteiger partial charge is 0.316 e. The zero-order chi connectivity index (χ0) is 16.7. The van der Waals surface area contributed by atoms with Gasteiger partial charge in [-0.3, -0.25) is 13.8 Å². The summed E-state index contributed by atoms with van der Waals surface area (Å²) in [5.74, 6) is -0.203. The molecule has 6 nitrogen and oxygen atoms in total. The van der Waals surface area contributed by atoms with Crippen molar-refractivity contribution in [2.45, 2.75) is 17.3 Å². The summed E-state index contributed by atoms with van der Waals surface area (Å²) in [6, 6.07) is 17.9. The molecule has 1 atom stereocenters. The van der Waals surface area contributed by atoms with Crippen LogP contribution in [0.5, 0.6) is 0 Å². The molecule has 0 aliphatic carbocycles. The van der Waals surface area contributed by atoms with Gasteiger partial charge in [0.1, 0.15) is 5.25 Å². The Bertz CT molecular complexity index is 1040. The third-order valence-corrected chi connectivity index (χ3v) is 4.85. The van der Waals surface area contributed by atoms with E-state index < -0.39 is 11.2 Å². The Labute approximate surface area is 141 Å². The number of carbonyl (C=O) groups is 1. The van der Waals surface area contributed by atoms with Gasteiger partial charge in [-0.15, -0.1) is 10.2 Å². The van der Waals surface area contributed by atoms with Gasteiger partial charge in [0.15, 0.2) is 5.16 Å². The van der Waals surface area contributed by atoms with Crippen LogP contribution in [0.4, 0.5) is 0 Å². The molecule has 1 N–H and O–H groups in total. The number of fused-ring (bicyclic) bond motifs is 3. The van der Waals surface area contributed by atoms with Crippen LogP contribution in [0, 0.1) is 0 Å². The Morgan fingerprint density at radius 3 is 2.42 bits per heavy atom. The van der Waals surface area contributed by atoms with Crippen molar-refractivity contribution in [1.82, 2.24) is 19.2 Å². The van der Waals surface area contributed by atoms with Gasteiger partial charge in [0, 0.05) is 5.69 Å². The van der Waals surface area contributed by atoms with Gasteiger partial charge in [0.05, 0.1) is 11.0 Å². The van der Waals surface area contributed by atoms with Crippen molar-refractivity contribution in [2.75, 3.05) is 0 Å². The largest absolute Gasteiger partial charge is 0.480 e. The van der Waals surface area contributed by atoms with Crippen LogP contribution >= 0.6 is 11.8 Å². The minimum absolute atomic E-state index is 0.575. The lowest BCUT2D eigenvalue weighted by molar-refractivity contribution is -0.136. The molecule has 0 aliphatic heterocycles. The van der Waals surface area contributed by atoms with E-state index in [-0.39, 0.29) is 0 Å². The van der Waals surface area contributed by atoms with E-state index in [4.69, 9.17) is 5.11 Å². The number of benzene rings is 2. The number of thioether (sulfide) groups is 1. The summed E-state index contributed by atoms with van der Waals surface area (Å²) in [5.41, 5.74) is 2.93. The molecule has 2 heterocycles. The molecule has 7 heteroatoms. The zero-order valence-corrected chi connectivity index (χ0v) is 13.6. The minimum atomic E-state index is -0.872. The molecule has 0 radical (unpaired) electrons. The van der Waals surface area contributed by atoms with Crippen LogP contribution < -0.4 is 0 Å². The summed E-state index contributed by atoms with van der Waals surface area (Å²) in [7, 11) is 0. The third kappa shape index (κ3) is 2.25. The van der Waals surface area contributed by atoms with Crippen molar-refractivity contribution in [3.05, 3.63) is 54.6 Å². The fraction of sp³-hybridized carbons (Fsp3) is 0.118. The fourth-order valence-electron chi connectivity index (χ4n) is 2.68. The summed E-state index contributed by atoms with van der Waals surface area (Å²) >= 11 is 1.19. The molecule has 4 rings (SSSR count). The van der Waals surface area contributed by atoms with Crippen molar-refractivity contribution in [2.24, 2.45) is 0 Å². The van der Waals surface area contributed by atoms with E-state index in [1.54, 1.807) is 6.92 Å². The molecule has 120 valence electrons. The topological polar surface area (TPSA) is 72.4 Å². The third-order valence-electron chi connectivity index (χ3n) is 3.82. The number of para-hydroxylation sites is 3. The number of hydrogen-bond acceptors (Lipinski definition) is 4. The molecule has 0 amide bonds. The van der Waals surface area contributed by atoms with E-state index >= 15 is 0 Å². The number of carboxylic acid groups (broad SMARTS) is 1. The summed E-state index contributed by atoms with van der Waals surface area (Å²) in [6.45, 7) is 1.64. The number of nitrogens with zero attached hydrogens (tertiary/aromatic N) is 4. The van der Waals surface area contributed by atoms with Crippen LogP contribution in [0.2, 0.25) is 0 Å². The molecule has 0 bridgehead atoms. The standard InChI is InChI=1S/C17H14N4O2S/c1-11(15(22)23)24-17-19-18-16-20(12-7-3-2-4-8-12)13-9-5-6-10-14(13)21(16)17/h2-11H,1H3,(H,22,23)/t11-/m1/s1. The van der Waals surface area contributed by atoms with Gasteiger partial charge in [0.2, 0.25) is 5.78 Å². The van der Waals surface area contributed by atoms with Crippen LogP contribution in [0.25, 0.3) is 22.5 Å². The van der Waals surface area contributed by atoms with Gasteiger partial charge in [-0.1, -0.05) is 42.1 Å². The van der Waals surface area contributed by atoms with Gasteiger partial charge in [-0.2, -0.15) is 0 Å². The molecular weight excluding hydrogens is 324 g/mol. The molecule has 2 aromatic carbocycles. The van der Waals surface area contributed by atoms with Crippen molar-refractivity contribution >= 4 is 34.5 Å². The van der Waals surface area contributed by atoms with Crippen LogP contribution in [0.3, 0.4) is 0 Å². The van der Waals surface area contributed by atoms with E-state index in [9.17, 15) is 4.79 Å². The normalized spacial score (nSPS) is 12.7. The first-order valence-corrected chi connectivity index (χ1v) is 8.34. The number of imidazole rings is 1. The zero-order valence-electron chi connectivity index (χ0n) is 12.8. The van der Waals surface area contributed by atoms with E-state index in [1.807, 2.05) is 63.6 Å². The summed E-state index contributed by atoms with van der Waals surface area (Å²) < 4.78 is 3.93. The predicted octanol–water partition coefficient (Wildman–Crippen LogP) is 3.24. The van der Waals surface area contributed by atoms with Gasteiger partial charge in [-0.05, 0) is 31.2 Å². The fourth-order valence-corrected chi connectivity index (χ4v) is 3.47. The number of aliphatic carboxylic acids is 1. The lowest BCUT2D eigenvalue weighted by atomic mass is 10.3. The molecule has 0 unspecified atom stereocenters. The number of aromatic nitrogens is 4. The Balaban J connectivity index is 2.00. The molecule has 4 aromatic rings. The number of carboxylic acids is 1. The molecule has 24 heavy (non-hydrogen) atoms. The van der Waals surface area contributed by atoms with Crippen LogP contribution in [0.15, 0.2) is 59.8 Å². The SMILES string of the molecule is C[C@@H](Sc1nnc2n(-c3ccccc3)c3ccccc3n12)C(=O)O. The van der Waals surface area contributed by atoms with Crippen LogP contribution in [-0.2, 0) is 4.79 Å². The maximum atomic E-state index is 11.2. The number of rotatable bonds is 4. The quantitative estimate of drug-likeness (QED) is 0.578. The summed E-state index contributed by atoms with van der Waals surface area (Å²) in [6.07, 6.45) is 0. The molecule has 0 saturated heterocycles. The predicted molar refractivity (Wildman–Crippen MR) is 92.8 cm³/mol. The first kappa shape index (κ1) is 14.8. The number of hydrogen-bond donors (Lipinski definition) is 1. The Morgan fingerprint density at radius 2 is 1.71 bits per heavy atom. The lowest BCUT2D eigenvalue weighted by Crippen LogP contribution is -2.11. The maximum absolute atomic E-state index is 11.2. The second-order valence-electron chi connectivity index (χ2n) is 5.38. The Hall–Kier alpha value is -2.80. The van der Waals surface area contributed by atoms with E-state index in [0.717, 1.165) is 16.7 Å². The van der Waals surface area contributed by atoms with Crippen LogP contribution in [0.1, 0.15) is 6.92 Å². The first-order valence-electron chi connectivity index (χ1n) is 7.46. The summed E-state index contributed by atoms with van der Waals surface area (Å²) in [4.78, 5) is 11.2. The van der Waals surface area contributed by atoms with Gasteiger partial charge >= 0.3 is 5.97 Å². The van der Waals surface area contributed by atoms with Gasteiger partial charge in [0.25, 0.3) is 0 Å². The summed E-state index contributed by atoms with van der Waals surface area (Å²) in [5, 5.41) is 17.7. The first-order chi connectivity index (χ1) is 11.7. The van der Waals surface area contributed by atoms with Crippen molar-refractivity contribution in [1.29, 1.82) is 0 Å². The molecule has 0 aliphatic rings. The van der Waals surface area contributed by atoms with Gasteiger partial charge < -0.3 is 5.11 Å². The second kappa shape index (κ2) is 5.68. The highest BCUT2D eigenvalue weighted by molar-refractivity contribution is 8.00. The lowest BCUT2D eigenvalue weighted by Gasteiger charge is -2.03. The second-order valence-corrected chi connectivity index (χ2v) is 6.68. The molecule has 2 aromatic heterocycles. The molecular formula is C17H14N4O2S. The highest BCUT2D eigenvalue weighted by atomic mass is 32.2. The highest BCUT2D eigenvalue weighted by Gasteiger charge is 2.21. The average molecular weight is 338 g/mol. The molecule has 0 fully saturated rings. The van der Waals surface area contributed by atoms with Crippen LogP contribution in [-0.4, -0.2) is 35.5 Å². The van der Waals surface area contributed by atoms with Crippen molar-refractivity contribution in [3.8, 4) is 5.69 Å². The van der Waals surface area contributed by atoms with E-state index in [2.05, 4.69) is 10.2 Å². The van der Waals surface area contributed by atoms with Crippen molar-refractivity contribution in [3.63, 3.8) is 0 Å². The Morgan fingerprint density at radius 1 is 1.04 bits per heavy atom. The van der Waals surface area contributed by atoms with E-state index in [1.165, 1.54) is 11.8 Å². The van der Waals surface area contributed by atoms with Gasteiger partial charge in [-0.25, -0.2) is 0 Å². The highest BCUT2D eigenvalue weighted by Crippen LogP contribution is 2.30. The minimum Gasteiger partial charge on any atom is -0.480 e. The maximum Gasteiger partial charge on any atom is 0.316 e. The monoisotopic (exact) mass is 338 g/mol. The van der Waals surface area contributed by atoms with Crippen molar-refractivity contribution < 1.29 is 9.90 Å².